The van der Waals surface area contributed by atoms with Gasteiger partial charge in [0.2, 0.25) is 0 Å². The standard InChI is InChI=1S/C15H16FNO3S/c1-3-20-13-6-8-14(9-7-13)21(18,19)17-12-5-4-11(2)15(16)10-12/h4-10,17H,3H2,1-2H3. The molecular formula is C15H16FNO3S. The van der Waals surface area contributed by atoms with Crippen molar-refractivity contribution in [3.05, 3.63) is 53.8 Å². The van der Waals surface area contributed by atoms with E-state index in [0.29, 0.717) is 17.9 Å². The average molecular weight is 309 g/mol. The topological polar surface area (TPSA) is 55.4 Å². The molecule has 0 saturated heterocycles. The maximum Gasteiger partial charge on any atom is 0.261 e. The zero-order valence-electron chi connectivity index (χ0n) is 11.8. The number of halogens is 1. The summed E-state index contributed by atoms with van der Waals surface area (Å²) in [6.45, 7) is 3.96. The number of ether oxygens (including phenoxy) is 1. The van der Waals surface area contributed by atoms with Gasteiger partial charge >= 0.3 is 0 Å². The van der Waals surface area contributed by atoms with Gasteiger partial charge in [0.05, 0.1) is 17.2 Å². The lowest BCUT2D eigenvalue weighted by Crippen LogP contribution is -2.13. The smallest absolute Gasteiger partial charge is 0.261 e. The lowest BCUT2D eigenvalue weighted by Gasteiger charge is -2.09. The molecule has 0 aromatic heterocycles. The van der Waals surface area contributed by atoms with Gasteiger partial charge in [-0.2, -0.15) is 0 Å². The molecule has 4 nitrogen and oxygen atoms in total. The predicted molar refractivity (Wildman–Crippen MR) is 79.6 cm³/mol. The molecule has 2 aromatic carbocycles. The molecule has 0 heterocycles. The number of anilines is 1. The molecular weight excluding hydrogens is 293 g/mol. The number of nitrogens with one attached hydrogen (secondary N) is 1. The molecule has 112 valence electrons. The van der Waals surface area contributed by atoms with Gasteiger partial charge in [0.1, 0.15) is 11.6 Å². The summed E-state index contributed by atoms with van der Waals surface area (Å²) in [5.41, 5.74) is 0.644. The Bertz CT molecular complexity index is 727. The minimum absolute atomic E-state index is 0.0898. The summed E-state index contributed by atoms with van der Waals surface area (Å²) in [6, 6.07) is 10.2. The van der Waals surface area contributed by atoms with Crippen molar-refractivity contribution in [1.29, 1.82) is 0 Å². The van der Waals surface area contributed by atoms with Crippen LogP contribution in [0.15, 0.2) is 47.4 Å². The fourth-order valence-electron chi connectivity index (χ4n) is 1.75. The Balaban J connectivity index is 2.23. The van der Waals surface area contributed by atoms with Gasteiger partial charge in [0, 0.05) is 0 Å². The van der Waals surface area contributed by atoms with Crippen LogP contribution in [0.3, 0.4) is 0 Å². The van der Waals surface area contributed by atoms with E-state index in [1.807, 2.05) is 6.92 Å². The lowest BCUT2D eigenvalue weighted by atomic mass is 10.2. The van der Waals surface area contributed by atoms with E-state index in [1.54, 1.807) is 19.1 Å². The third-order valence-corrected chi connectivity index (χ3v) is 4.27. The Morgan fingerprint density at radius 1 is 1.14 bits per heavy atom. The van der Waals surface area contributed by atoms with E-state index >= 15 is 0 Å². The van der Waals surface area contributed by atoms with E-state index in [0.717, 1.165) is 6.07 Å². The van der Waals surface area contributed by atoms with E-state index in [9.17, 15) is 12.8 Å². The van der Waals surface area contributed by atoms with E-state index in [-0.39, 0.29) is 10.6 Å². The highest BCUT2D eigenvalue weighted by atomic mass is 32.2. The van der Waals surface area contributed by atoms with Crippen LogP contribution in [-0.4, -0.2) is 15.0 Å². The Labute approximate surface area is 123 Å². The highest BCUT2D eigenvalue weighted by Crippen LogP contribution is 2.20. The monoisotopic (exact) mass is 309 g/mol. The van der Waals surface area contributed by atoms with Crippen molar-refractivity contribution in [2.24, 2.45) is 0 Å². The van der Waals surface area contributed by atoms with Crippen LogP contribution >= 0.6 is 0 Å². The molecule has 0 amide bonds. The maximum absolute atomic E-state index is 13.4. The predicted octanol–water partition coefficient (Wildman–Crippen LogP) is 3.33. The number of benzene rings is 2. The summed E-state index contributed by atoms with van der Waals surface area (Å²) in [7, 11) is -3.75. The summed E-state index contributed by atoms with van der Waals surface area (Å²) in [6.07, 6.45) is 0. The van der Waals surface area contributed by atoms with Crippen molar-refractivity contribution in [2.45, 2.75) is 18.7 Å². The second-order valence-electron chi connectivity index (χ2n) is 4.47. The van der Waals surface area contributed by atoms with Crippen LogP contribution in [0.2, 0.25) is 0 Å². The third kappa shape index (κ3) is 3.72. The highest BCUT2D eigenvalue weighted by molar-refractivity contribution is 7.92. The molecule has 0 fully saturated rings. The van der Waals surface area contributed by atoms with Crippen molar-refractivity contribution in [1.82, 2.24) is 0 Å². The normalized spacial score (nSPS) is 11.2. The Morgan fingerprint density at radius 3 is 2.38 bits per heavy atom. The van der Waals surface area contributed by atoms with Gasteiger partial charge in [-0.25, -0.2) is 12.8 Å². The van der Waals surface area contributed by atoms with Crippen LogP contribution in [0.1, 0.15) is 12.5 Å². The number of hydrogen-bond acceptors (Lipinski definition) is 3. The molecule has 0 saturated carbocycles. The van der Waals surface area contributed by atoms with Crippen LogP contribution in [0.5, 0.6) is 5.75 Å². The molecule has 0 radical (unpaired) electrons. The molecule has 1 N–H and O–H groups in total. The third-order valence-electron chi connectivity index (χ3n) is 2.87. The molecule has 0 aliphatic rings. The van der Waals surface area contributed by atoms with E-state index in [2.05, 4.69) is 4.72 Å². The van der Waals surface area contributed by atoms with E-state index < -0.39 is 15.8 Å². The summed E-state index contributed by atoms with van der Waals surface area (Å²) in [5.74, 6) is 0.139. The summed E-state index contributed by atoms with van der Waals surface area (Å²) in [5, 5.41) is 0. The zero-order valence-corrected chi connectivity index (χ0v) is 12.6. The average Bonchev–Trinajstić information content (AvgIpc) is 2.44. The fourth-order valence-corrected chi connectivity index (χ4v) is 2.80. The second kappa shape index (κ2) is 6.13. The lowest BCUT2D eigenvalue weighted by molar-refractivity contribution is 0.340. The maximum atomic E-state index is 13.4. The molecule has 0 bridgehead atoms. The molecule has 0 aliphatic carbocycles. The van der Waals surface area contributed by atoms with E-state index in [1.165, 1.54) is 24.3 Å². The van der Waals surface area contributed by atoms with Crippen LogP contribution < -0.4 is 9.46 Å². The summed E-state index contributed by atoms with van der Waals surface area (Å²) in [4.78, 5) is 0.0898. The Kier molecular flexibility index (Phi) is 4.47. The molecule has 0 unspecified atom stereocenters. The van der Waals surface area contributed by atoms with Gasteiger partial charge in [0.15, 0.2) is 0 Å². The van der Waals surface area contributed by atoms with Gasteiger partial charge in [-0.05, 0) is 55.8 Å². The quantitative estimate of drug-likeness (QED) is 0.921. The minimum atomic E-state index is -3.75. The van der Waals surface area contributed by atoms with Gasteiger partial charge < -0.3 is 4.74 Å². The second-order valence-corrected chi connectivity index (χ2v) is 6.16. The first-order valence-electron chi connectivity index (χ1n) is 6.44. The van der Waals surface area contributed by atoms with Crippen molar-refractivity contribution in [3.8, 4) is 5.75 Å². The zero-order chi connectivity index (χ0) is 15.5. The molecule has 21 heavy (non-hydrogen) atoms. The van der Waals surface area contributed by atoms with Gasteiger partial charge in [-0.15, -0.1) is 0 Å². The van der Waals surface area contributed by atoms with Crippen LogP contribution in [0, 0.1) is 12.7 Å². The van der Waals surface area contributed by atoms with Crippen LogP contribution in [-0.2, 0) is 10.0 Å². The van der Waals surface area contributed by atoms with Crippen molar-refractivity contribution < 1.29 is 17.5 Å². The van der Waals surface area contributed by atoms with Crippen molar-refractivity contribution >= 4 is 15.7 Å². The molecule has 2 aromatic rings. The molecule has 0 atom stereocenters. The molecule has 6 heteroatoms. The Morgan fingerprint density at radius 2 is 1.81 bits per heavy atom. The molecule has 2 rings (SSSR count). The number of rotatable bonds is 5. The van der Waals surface area contributed by atoms with Gasteiger partial charge in [-0.1, -0.05) is 6.07 Å². The van der Waals surface area contributed by atoms with Crippen molar-refractivity contribution in [2.75, 3.05) is 11.3 Å². The first-order valence-corrected chi connectivity index (χ1v) is 7.92. The van der Waals surface area contributed by atoms with Crippen LogP contribution in [0.4, 0.5) is 10.1 Å². The minimum Gasteiger partial charge on any atom is -0.494 e. The highest BCUT2D eigenvalue weighted by Gasteiger charge is 2.14. The Hall–Kier alpha value is -2.08. The fraction of sp³-hybridized carbons (Fsp3) is 0.200. The van der Waals surface area contributed by atoms with E-state index in [4.69, 9.17) is 4.74 Å². The largest absolute Gasteiger partial charge is 0.494 e. The summed E-state index contributed by atoms with van der Waals surface area (Å²) >= 11 is 0. The SMILES string of the molecule is CCOc1ccc(S(=O)(=O)Nc2ccc(C)c(F)c2)cc1. The van der Waals surface area contributed by atoms with Crippen molar-refractivity contribution in [3.63, 3.8) is 0 Å². The number of sulfonamides is 1. The summed E-state index contributed by atoms with van der Waals surface area (Å²) < 4.78 is 45.4. The van der Waals surface area contributed by atoms with Gasteiger partial charge in [0.25, 0.3) is 10.0 Å². The molecule has 0 spiro atoms. The van der Waals surface area contributed by atoms with Gasteiger partial charge in [-0.3, -0.25) is 4.72 Å². The van der Waals surface area contributed by atoms with Crippen LogP contribution in [0.25, 0.3) is 0 Å². The number of hydrogen-bond donors (Lipinski definition) is 1. The molecule has 0 aliphatic heterocycles. The first kappa shape index (κ1) is 15.3. The number of aryl methyl sites for hydroxylation is 1. The first-order chi connectivity index (χ1) is 9.92.